The fraction of sp³-hybridized carbons (Fsp3) is 0.571. The minimum atomic E-state index is -0.832. The van der Waals surface area contributed by atoms with Gasteiger partial charge in [-0.2, -0.15) is 0 Å². The average molecular weight is 439 g/mol. The summed E-state index contributed by atoms with van der Waals surface area (Å²) in [4.78, 5) is 25.3. The maximum absolute atomic E-state index is 12.5. The van der Waals surface area contributed by atoms with Crippen molar-refractivity contribution in [2.45, 2.75) is 45.1 Å². The largest absolute Gasteiger partial charge is 0.464 e. The predicted molar refractivity (Wildman–Crippen MR) is 89.8 cm³/mol. The second kappa shape index (κ2) is 6.79. The topological polar surface area (TPSA) is 55.4 Å². The number of thiophene rings is 1. The number of esters is 1. The fourth-order valence-electron chi connectivity index (χ4n) is 2.19. The summed E-state index contributed by atoms with van der Waals surface area (Å²) in [5.74, 6) is -0.520. The van der Waals surface area contributed by atoms with Crippen LogP contribution < -0.4 is 5.32 Å². The highest BCUT2D eigenvalue weighted by molar-refractivity contribution is 9.13. The molecular formula is C14H17Br2NO3S. The lowest BCUT2D eigenvalue weighted by Crippen LogP contribution is -2.59. The van der Waals surface area contributed by atoms with Gasteiger partial charge < -0.3 is 10.1 Å². The second-order valence-corrected chi connectivity index (χ2v) is 8.30. The predicted octanol–water partition coefficient (Wildman–Crippen LogP) is 4.19. The smallest absolute Gasteiger partial charge is 0.331 e. The number of ether oxygens (including phenoxy) is 1. The van der Waals surface area contributed by atoms with E-state index in [1.807, 2.05) is 13.8 Å². The zero-order valence-electron chi connectivity index (χ0n) is 11.9. The lowest BCUT2D eigenvalue weighted by Gasteiger charge is -2.39. The zero-order valence-corrected chi connectivity index (χ0v) is 15.9. The van der Waals surface area contributed by atoms with E-state index in [1.54, 1.807) is 0 Å². The van der Waals surface area contributed by atoms with Crippen molar-refractivity contribution < 1.29 is 14.3 Å². The van der Waals surface area contributed by atoms with Crippen LogP contribution in [0, 0.1) is 6.92 Å². The maximum atomic E-state index is 12.5. The van der Waals surface area contributed by atoms with Crippen molar-refractivity contribution >= 4 is 55.1 Å². The van der Waals surface area contributed by atoms with Crippen LogP contribution in [0.15, 0.2) is 8.26 Å². The molecule has 1 heterocycles. The molecule has 0 aromatic carbocycles. The standard InChI is InChI=1S/C14H17Br2NO3S/c1-3-7-20-13(19)14(5-4-6-14)17-12(18)10-8(2)9(15)11(16)21-10/h3-7H2,1-2H3,(H,17,18). The van der Waals surface area contributed by atoms with Crippen molar-refractivity contribution in [1.29, 1.82) is 0 Å². The van der Waals surface area contributed by atoms with Crippen LogP contribution in [-0.4, -0.2) is 24.0 Å². The molecule has 1 aromatic heterocycles. The molecule has 0 saturated heterocycles. The first-order valence-electron chi connectivity index (χ1n) is 6.85. The molecule has 1 amide bonds. The number of hydrogen-bond donors (Lipinski definition) is 1. The Kier molecular flexibility index (Phi) is 5.48. The SMILES string of the molecule is CCCOC(=O)C1(NC(=O)c2sc(Br)c(Br)c2C)CCC1. The van der Waals surface area contributed by atoms with Gasteiger partial charge in [-0.3, -0.25) is 4.79 Å². The van der Waals surface area contributed by atoms with Crippen molar-refractivity contribution in [3.8, 4) is 0 Å². The van der Waals surface area contributed by atoms with Gasteiger partial charge in [0.05, 0.1) is 15.3 Å². The number of carbonyl (C=O) groups is 2. The van der Waals surface area contributed by atoms with E-state index in [1.165, 1.54) is 11.3 Å². The van der Waals surface area contributed by atoms with Crippen molar-refractivity contribution in [2.24, 2.45) is 0 Å². The molecule has 0 unspecified atom stereocenters. The molecular weight excluding hydrogens is 422 g/mol. The molecule has 4 nitrogen and oxygen atoms in total. The molecule has 0 aliphatic heterocycles. The van der Waals surface area contributed by atoms with Crippen molar-refractivity contribution in [2.75, 3.05) is 6.61 Å². The van der Waals surface area contributed by atoms with Crippen LogP contribution in [0.3, 0.4) is 0 Å². The summed E-state index contributed by atoms with van der Waals surface area (Å²) in [6, 6.07) is 0. The first kappa shape index (κ1) is 17.0. The molecule has 0 bridgehead atoms. The summed E-state index contributed by atoms with van der Waals surface area (Å²) in [5.41, 5.74) is 0.0440. The number of halogens is 2. The number of hydrogen-bond acceptors (Lipinski definition) is 4. The fourth-order valence-corrected chi connectivity index (χ4v) is 4.37. The third-order valence-corrected chi connectivity index (χ3v) is 7.38. The minimum absolute atomic E-state index is 0.211. The highest BCUT2D eigenvalue weighted by Crippen LogP contribution is 2.38. The van der Waals surface area contributed by atoms with Crippen LogP contribution in [0.25, 0.3) is 0 Å². The molecule has 1 aromatic rings. The molecule has 0 spiro atoms. The van der Waals surface area contributed by atoms with Crippen LogP contribution in [0.2, 0.25) is 0 Å². The third kappa shape index (κ3) is 3.35. The summed E-state index contributed by atoms with van der Waals surface area (Å²) >= 11 is 8.20. The van der Waals surface area contributed by atoms with Gasteiger partial charge in [0.25, 0.3) is 5.91 Å². The van der Waals surface area contributed by atoms with Gasteiger partial charge in [0.2, 0.25) is 0 Å². The van der Waals surface area contributed by atoms with E-state index >= 15 is 0 Å². The molecule has 1 saturated carbocycles. The van der Waals surface area contributed by atoms with E-state index in [2.05, 4.69) is 37.2 Å². The van der Waals surface area contributed by atoms with Gasteiger partial charge in [0.15, 0.2) is 0 Å². The molecule has 116 valence electrons. The van der Waals surface area contributed by atoms with Crippen LogP contribution in [0.5, 0.6) is 0 Å². The second-order valence-electron chi connectivity index (χ2n) is 5.17. The van der Waals surface area contributed by atoms with Crippen LogP contribution >= 0.6 is 43.2 Å². The number of carbonyl (C=O) groups excluding carboxylic acids is 2. The van der Waals surface area contributed by atoms with E-state index in [4.69, 9.17) is 4.74 Å². The first-order valence-corrected chi connectivity index (χ1v) is 9.25. The van der Waals surface area contributed by atoms with Crippen LogP contribution in [-0.2, 0) is 9.53 Å². The lowest BCUT2D eigenvalue weighted by atomic mass is 9.76. The molecule has 2 rings (SSSR count). The molecule has 7 heteroatoms. The third-order valence-electron chi connectivity index (χ3n) is 3.63. The number of nitrogens with one attached hydrogen (secondary N) is 1. The van der Waals surface area contributed by atoms with Gasteiger partial charge in [0, 0.05) is 4.47 Å². The Bertz CT molecular complexity index is 567. The minimum Gasteiger partial charge on any atom is -0.464 e. The molecule has 1 fully saturated rings. The Labute approximate surface area is 144 Å². The number of amides is 1. The molecule has 21 heavy (non-hydrogen) atoms. The maximum Gasteiger partial charge on any atom is 0.331 e. The first-order chi connectivity index (χ1) is 9.91. The Morgan fingerprint density at radius 2 is 2.05 bits per heavy atom. The Morgan fingerprint density at radius 3 is 2.48 bits per heavy atom. The molecule has 0 radical (unpaired) electrons. The Morgan fingerprint density at radius 1 is 1.38 bits per heavy atom. The highest BCUT2D eigenvalue weighted by Gasteiger charge is 2.47. The van der Waals surface area contributed by atoms with Gasteiger partial charge in [-0.25, -0.2) is 4.79 Å². The van der Waals surface area contributed by atoms with Gasteiger partial charge in [-0.15, -0.1) is 11.3 Å². The van der Waals surface area contributed by atoms with Crippen LogP contribution in [0.4, 0.5) is 0 Å². The Balaban J connectivity index is 2.13. The van der Waals surface area contributed by atoms with Gasteiger partial charge in [-0.1, -0.05) is 6.92 Å². The lowest BCUT2D eigenvalue weighted by molar-refractivity contribution is -0.155. The molecule has 1 N–H and O–H groups in total. The van der Waals surface area contributed by atoms with Gasteiger partial charge in [0.1, 0.15) is 5.54 Å². The van der Waals surface area contributed by atoms with Crippen LogP contribution in [0.1, 0.15) is 47.8 Å². The highest BCUT2D eigenvalue weighted by atomic mass is 79.9. The van der Waals surface area contributed by atoms with Crippen molar-refractivity contribution in [1.82, 2.24) is 5.32 Å². The average Bonchev–Trinajstić information content (AvgIpc) is 2.67. The normalized spacial score (nSPS) is 16.2. The van der Waals surface area contributed by atoms with E-state index in [9.17, 15) is 9.59 Å². The van der Waals surface area contributed by atoms with Crippen molar-refractivity contribution in [3.05, 3.63) is 18.7 Å². The monoisotopic (exact) mass is 437 g/mol. The summed E-state index contributed by atoms with van der Waals surface area (Å²) < 4.78 is 6.99. The van der Waals surface area contributed by atoms with E-state index in [0.29, 0.717) is 24.3 Å². The summed E-state index contributed by atoms with van der Waals surface area (Å²) in [5, 5.41) is 2.89. The van der Waals surface area contributed by atoms with Crippen molar-refractivity contribution in [3.63, 3.8) is 0 Å². The summed E-state index contributed by atoms with van der Waals surface area (Å²) in [7, 11) is 0. The zero-order chi connectivity index (χ0) is 15.6. The van der Waals surface area contributed by atoms with E-state index in [0.717, 1.165) is 26.7 Å². The van der Waals surface area contributed by atoms with E-state index in [-0.39, 0.29) is 11.9 Å². The molecule has 0 atom stereocenters. The summed E-state index contributed by atoms with van der Waals surface area (Å²) in [6.07, 6.45) is 3.00. The molecule has 1 aliphatic carbocycles. The summed E-state index contributed by atoms with van der Waals surface area (Å²) in [6.45, 7) is 4.22. The quantitative estimate of drug-likeness (QED) is 0.701. The van der Waals surface area contributed by atoms with Gasteiger partial charge in [-0.05, 0) is 70.0 Å². The Hall–Kier alpha value is -0.400. The molecule has 1 aliphatic rings. The van der Waals surface area contributed by atoms with E-state index < -0.39 is 5.54 Å². The number of rotatable bonds is 5. The van der Waals surface area contributed by atoms with Gasteiger partial charge >= 0.3 is 5.97 Å².